The van der Waals surface area contributed by atoms with Crippen LogP contribution in [0.25, 0.3) is 0 Å². The second-order valence-corrected chi connectivity index (χ2v) is 10.6. The molecular formula is C27H38N6O. The molecule has 1 N–H and O–H groups in total. The van der Waals surface area contributed by atoms with Crippen molar-refractivity contribution < 1.29 is 4.74 Å². The number of ether oxygens (including phenoxy) is 1. The van der Waals surface area contributed by atoms with E-state index in [2.05, 4.69) is 46.1 Å². The average Bonchev–Trinajstić information content (AvgIpc) is 3.21. The van der Waals surface area contributed by atoms with E-state index >= 15 is 0 Å². The van der Waals surface area contributed by atoms with E-state index in [0.29, 0.717) is 5.92 Å². The van der Waals surface area contributed by atoms with Crippen LogP contribution in [0.3, 0.4) is 0 Å². The summed E-state index contributed by atoms with van der Waals surface area (Å²) < 4.78 is 5.58. The van der Waals surface area contributed by atoms with Gasteiger partial charge in [0, 0.05) is 66.1 Å². The van der Waals surface area contributed by atoms with E-state index in [4.69, 9.17) is 14.7 Å². The van der Waals surface area contributed by atoms with E-state index < -0.39 is 0 Å². The number of nitrogens with zero attached hydrogens (tertiary/aromatic N) is 5. The fraction of sp³-hybridized carbons (Fsp3) is 0.630. The highest BCUT2D eigenvalue weighted by atomic mass is 16.5. The van der Waals surface area contributed by atoms with Crippen molar-refractivity contribution in [1.82, 2.24) is 19.8 Å². The van der Waals surface area contributed by atoms with Gasteiger partial charge in [0.15, 0.2) is 0 Å². The smallest absolute Gasteiger partial charge is 0.135 e. The summed E-state index contributed by atoms with van der Waals surface area (Å²) in [7, 11) is 2.25. The molecule has 0 saturated carbocycles. The van der Waals surface area contributed by atoms with Gasteiger partial charge in [-0.2, -0.15) is 0 Å². The van der Waals surface area contributed by atoms with Crippen LogP contribution in [-0.4, -0.2) is 85.3 Å². The number of aryl methyl sites for hydroxylation is 1. The van der Waals surface area contributed by atoms with Gasteiger partial charge in [0.2, 0.25) is 0 Å². The molecule has 1 unspecified atom stereocenters. The largest absolute Gasteiger partial charge is 0.378 e. The van der Waals surface area contributed by atoms with Crippen LogP contribution in [0.5, 0.6) is 0 Å². The molecular weight excluding hydrogens is 424 g/mol. The van der Waals surface area contributed by atoms with Gasteiger partial charge in [-0.25, -0.2) is 4.98 Å². The second kappa shape index (κ2) is 9.44. The van der Waals surface area contributed by atoms with Crippen LogP contribution in [0.4, 0.5) is 17.2 Å². The van der Waals surface area contributed by atoms with E-state index in [1.165, 1.54) is 79.3 Å². The Hall–Kier alpha value is -2.22. The SMILES string of the molecule is Cc1nc(C2CCN(C3CCN(C)C3)CC2)cc2c1CCc1c(N3CCOCC3)ccnc1N2. The topological polar surface area (TPSA) is 56.8 Å². The lowest BCUT2D eigenvalue weighted by molar-refractivity contribution is 0.122. The first-order valence-corrected chi connectivity index (χ1v) is 13.2. The molecule has 0 spiro atoms. The first-order valence-electron chi connectivity index (χ1n) is 13.2. The van der Waals surface area contributed by atoms with E-state index in [1.54, 1.807) is 0 Å². The highest BCUT2D eigenvalue weighted by Crippen LogP contribution is 2.38. The molecule has 1 atom stereocenters. The molecule has 182 valence electrons. The third kappa shape index (κ3) is 4.30. The zero-order chi connectivity index (χ0) is 23.1. The van der Waals surface area contributed by atoms with Crippen molar-refractivity contribution >= 4 is 17.2 Å². The predicted molar refractivity (Wildman–Crippen MR) is 136 cm³/mol. The first kappa shape index (κ1) is 22.3. The normalized spacial score (nSPS) is 24.4. The van der Waals surface area contributed by atoms with Gasteiger partial charge in [-0.1, -0.05) is 0 Å². The number of morpholine rings is 1. The quantitative estimate of drug-likeness (QED) is 0.751. The Balaban J connectivity index is 1.21. The Bertz CT molecular complexity index is 1030. The van der Waals surface area contributed by atoms with Gasteiger partial charge >= 0.3 is 0 Å². The summed E-state index contributed by atoms with van der Waals surface area (Å²) in [5, 5.41) is 3.74. The highest BCUT2D eigenvalue weighted by Gasteiger charge is 2.31. The van der Waals surface area contributed by atoms with Crippen molar-refractivity contribution in [1.29, 1.82) is 0 Å². The molecule has 0 aromatic carbocycles. The van der Waals surface area contributed by atoms with E-state index in [0.717, 1.165) is 51.0 Å². The highest BCUT2D eigenvalue weighted by molar-refractivity contribution is 5.72. The maximum atomic E-state index is 5.58. The fourth-order valence-corrected chi connectivity index (χ4v) is 6.44. The molecule has 7 nitrogen and oxygen atoms in total. The summed E-state index contributed by atoms with van der Waals surface area (Å²) in [5.41, 5.74) is 7.65. The molecule has 0 bridgehead atoms. The summed E-state index contributed by atoms with van der Waals surface area (Å²) in [5.74, 6) is 1.57. The standard InChI is InChI=1S/C27H38N6O/c1-19-22-3-4-23-26(33-13-15-34-16-14-33)5-9-28-27(23)30-25(22)17-24(29-19)20-6-11-32(12-7-20)21-8-10-31(2)18-21/h5,9,17,20-21H,3-4,6-8,10-16,18H2,1-2H3,(H,28,30). The minimum atomic E-state index is 0.552. The Kier molecular flexibility index (Phi) is 6.18. The maximum Gasteiger partial charge on any atom is 0.135 e. The molecule has 0 radical (unpaired) electrons. The van der Waals surface area contributed by atoms with E-state index in [9.17, 15) is 0 Å². The molecule has 2 aromatic rings. The number of fused-ring (bicyclic) bond motifs is 2. The van der Waals surface area contributed by atoms with Crippen LogP contribution < -0.4 is 10.2 Å². The van der Waals surface area contributed by atoms with E-state index in [-0.39, 0.29) is 0 Å². The van der Waals surface area contributed by atoms with Crippen LogP contribution in [-0.2, 0) is 17.6 Å². The Morgan fingerprint density at radius 3 is 2.56 bits per heavy atom. The Morgan fingerprint density at radius 2 is 1.79 bits per heavy atom. The van der Waals surface area contributed by atoms with Crippen LogP contribution in [0.2, 0.25) is 0 Å². The number of aromatic nitrogens is 2. The number of pyridine rings is 2. The van der Waals surface area contributed by atoms with E-state index in [1.807, 2.05) is 6.20 Å². The molecule has 7 heteroatoms. The van der Waals surface area contributed by atoms with Gasteiger partial charge in [-0.05, 0) is 83.4 Å². The lowest BCUT2D eigenvalue weighted by Crippen LogP contribution is -2.42. The van der Waals surface area contributed by atoms with Crippen molar-refractivity contribution in [2.45, 2.75) is 51.0 Å². The van der Waals surface area contributed by atoms with Crippen molar-refractivity contribution in [3.05, 3.63) is 40.8 Å². The van der Waals surface area contributed by atoms with Crippen LogP contribution in [0.1, 0.15) is 47.7 Å². The lowest BCUT2D eigenvalue weighted by Gasteiger charge is -2.36. The third-order valence-corrected chi connectivity index (χ3v) is 8.44. The van der Waals surface area contributed by atoms with Gasteiger partial charge in [-0.15, -0.1) is 0 Å². The Labute approximate surface area is 203 Å². The minimum absolute atomic E-state index is 0.552. The third-order valence-electron chi connectivity index (χ3n) is 8.44. The summed E-state index contributed by atoms with van der Waals surface area (Å²) >= 11 is 0. The lowest BCUT2D eigenvalue weighted by atomic mass is 9.90. The maximum absolute atomic E-state index is 5.58. The zero-order valence-corrected chi connectivity index (χ0v) is 20.7. The molecule has 3 saturated heterocycles. The summed E-state index contributed by atoms with van der Waals surface area (Å²) in [6, 6.07) is 5.26. The number of nitrogens with one attached hydrogen (secondary N) is 1. The zero-order valence-electron chi connectivity index (χ0n) is 20.7. The van der Waals surface area contributed by atoms with Crippen molar-refractivity contribution in [3.8, 4) is 0 Å². The number of piperidine rings is 1. The first-order chi connectivity index (χ1) is 16.7. The number of likely N-dealkylation sites (tertiary alicyclic amines) is 2. The van der Waals surface area contributed by atoms with Gasteiger partial charge < -0.3 is 19.9 Å². The Morgan fingerprint density at radius 1 is 1.00 bits per heavy atom. The summed E-state index contributed by atoms with van der Waals surface area (Å²) in [6.07, 6.45) is 7.69. The number of anilines is 3. The van der Waals surface area contributed by atoms with Crippen molar-refractivity contribution in [3.63, 3.8) is 0 Å². The monoisotopic (exact) mass is 462 g/mol. The van der Waals surface area contributed by atoms with Gasteiger partial charge in [-0.3, -0.25) is 9.88 Å². The van der Waals surface area contributed by atoms with Gasteiger partial charge in [0.1, 0.15) is 5.82 Å². The molecule has 2 aromatic heterocycles. The predicted octanol–water partition coefficient (Wildman–Crippen LogP) is 3.35. The molecule has 0 amide bonds. The number of hydrogen-bond acceptors (Lipinski definition) is 7. The minimum Gasteiger partial charge on any atom is -0.378 e. The molecule has 6 heterocycles. The number of hydrogen-bond donors (Lipinski definition) is 1. The fourth-order valence-electron chi connectivity index (χ4n) is 6.44. The number of likely N-dealkylation sites (N-methyl/N-ethyl adjacent to an activating group) is 1. The molecule has 0 aliphatic carbocycles. The van der Waals surface area contributed by atoms with Crippen LogP contribution >= 0.6 is 0 Å². The molecule has 6 rings (SSSR count). The van der Waals surface area contributed by atoms with Crippen LogP contribution in [0, 0.1) is 6.92 Å². The van der Waals surface area contributed by atoms with Crippen molar-refractivity contribution in [2.24, 2.45) is 0 Å². The molecule has 34 heavy (non-hydrogen) atoms. The molecule has 4 aliphatic heterocycles. The molecule has 4 aliphatic rings. The van der Waals surface area contributed by atoms with Gasteiger partial charge in [0.05, 0.1) is 13.2 Å². The van der Waals surface area contributed by atoms with Crippen molar-refractivity contribution in [2.75, 3.05) is 69.7 Å². The van der Waals surface area contributed by atoms with Gasteiger partial charge in [0.25, 0.3) is 0 Å². The number of rotatable bonds is 3. The second-order valence-electron chi connectivity index (χ2n) is 10.6. The summed E-state index contributed by atoms with van der Waals surface area (Å²) in [6.45, 7) is 10.5. The van der Waals surface area contributed by atoms with Crippen LogP contribution in [0.15, 0.2) is 18.3 Å². The average molecular weight is 463 g/mol. The summed E-state index contributed by atoms with van der Waals surface area (Å²) in [4.78, 5) is 17.6. The molecule has 3 fully saturated rings.